The summed E-state index contributed by atoms with van der Waals surface area (Å²) in [6.45, 7) is 2.03. The lowest BCUT2D eigenvalue weighted by atomic mass is 10.0. The third-order valence-corrected chi connectivity index (χ3v) is 2.31. The summed E-state index contributed by atoms with van der Waals surface area (Å²) >= 11 is 0. The molecule has 4 nitrogen and oxygen atoms in total. The molecular weight excluding hydrogens is 216 g/mol. The molecule has 0 spiro atoms. The molecule has 0 fully saturated rings. The molecule has 92 valence electrons. The van der Waals surface area contributed by atoms with Crippen molar-refractivity contribution >= 4 is 11.4 Å². The van der Waals surface area contributed by atoms with Crippen molar-refractivity contribution in [1.29, 1.82) is 0 Å². The van der Waals surface area contributed by atoms with Crippen LogP contribution in [0.5, 0.6) is 0 Å². The fourth-order valence-corrected chi connectivity index (χ4v) is 1.47. The first-order valence-electron chi connectivity index (χ1n) is 5.56. The van der Waals surface area contributed by atoms with E-state index in [0.717, 1.165) is 23.4 Å². The second-order valence-electron chi connectivity index (χ2n) is 3.46. The summed E-state index contributed by atoms with van der Waals surface area (Å²) < 4.78 is 0. The molecular formula is C13H18N2O2. The molecule has 0 aromatic heterocycles. The molecule has 0 aliphatic rings. The molecule has 0 amide bonds. The van der Waals surface area contributed by atoms with Gasteiger partial charge in [0, 0.05) is 6.42 Å². The van der Waals surface area contributed by atoms with Crippen molar-refractivity contribution in [3.8, 4) is 0 Å². The average Bonchev–Trinajstić information content (AvgIpc) is 2.38. The van der Waals surface area contributed by atoms with Gasteiger partial charge in [-0.1, -0.05) is 47.6 Å². The maximum absolute atomic E-state index is 4.87. The topological polar surface area (TPSA) is 43.2 Å². The molecule has 0 N–H and O–H groups in total. The molecule has 17 heavy (non-hydrogen) atoms. The third kappa shape index (κ3) is 4.26. The second-order valence-corrected chi connectivity index (χ2v) is 3.46. The molecule has 1 aromatic rings. The van der Waals surface area contributed by atoms with Gasteiger partial charge in [0.05, 0.1) is 11.4 Å². The smallest absolute Gasteiger partial charge is 0.106 e. The van der Waals surface area contributed by atoms with Crippen molar-refractivity contribution < 1.29 is 9.68 Å². The zero-order chi connectivity index (χ0) is 12.5. The third-order valence-electron chi connectivity index (χ3n) is 2.31. The van der Waals surface area contributed by atoms with Crippen LogP contribution in [0.2, 0.25) is 0 Å². The summed E-state index contributed by atoms with van der Waals surface area (Å²) in [5.41, 5.74) is 2.82. The van der Waals surface area contributed by atoms with E-state index in [1.54, 1.807) is 14.2 Å². The van der Waals surface area contributed by atoms with Gasteiger partial charge in [-0.15, -0.1) is 0 Å². The van der Waals surface area contributed by atoms with Crippen molar-refractivity contribution in [2.75, 3.05) is 14.2 Å². The minimum atomic E-state index is 0.627. The molecule has 4 heteroatoms. The number of hydrogen-bond donors (Lipinski definition) is 0. The van der Waals surface area contributed by atoms with E-state index < -0.39 is 0 Å². The molecule has 1 aromatic carbocycles. The lowest BCUT2D eigenvalue weighted by Crippen LogP contribution is -2.09. The van der Waals surface area contributed by atoms with Gasteiger partial charge in [0.15, 0.2) is 0 Å². The van der Waals surface area contributed by atoms with Crippen LogP contribution in [-0.4, -0.2) is 25.6 Å². The van der Waals surface area contributed by atoms with Crippen LogP contribution in [0.1, 0.15) is 25.3 Å². The Labute approximate surface area is 102 Å². The summed E-state index contributed by atoms with van der Waals surface area (Å²) in [4.78, 5) is 9.68. The van der Waals surface area contributed by atoms with Gasteiger partial charge < -0.3 is 9.68 Å². The SMILES string of the molecule is CC/C(C/C(=N\OC)c1ccccc1)=N\OC. The summed E-state index contributed by atoms with van der Waals surface area (Å²) in [7, 11) is 3.09. The first-order chi connectivity index (χ1) is 8.31. The molecule has 1 rings (SSSR count). The highest BCUT2D eigenvalue weighted by atomic mass is 16.6. The fraction of sp³-hybridized carbons (Fsp3) is 0.385. The van der Waals surface area contributed by atoms with Gasteiger partial charge in [-0.25, -0.2) is 0 Å². The second kappa shape index (κ2) is 7.44. The minimum absolute atomic E-state index is 0.627. The predicted octanol–water partition coefficient (Wildman–Crippen LogP) is 2.84. The Balaban J connectivity index is 2.89. The van der Waals surface area contributed by atoms with Gasteiger partial charge in [0.2, 0.25) is 0 Å². The molecule has 0 atom stereocenters. The molecule has 0 bridgehead atoms. The van der Waals surface area contributed by atoms with Crippen molar-refractivity contribution in [2.45, 2.75) is 19.8 Å². The fourth-order valence-electron chi connectivity index (χ4n) is 1.47. The summed E-state index contributed by atoms with van der Waals surface area (Å²) in [5.74, 6) is 0. The molecule has 0 radical (unpaired) electrons. The van der Waals surface area contributed by atoms with Crippen molar-refractivity contribution in [3.63, 3.8) is 0 Å². The highest BCUT2D eigenvalue weighted by Crippen LogP contribution is 2.07. The van der Waals surface area contributed by atoms with Gasteiger partial charge in [-0.3, -0.25) is 0 Å². The predicted molar refractivity (Wildman–Crippen MR) is 69.3 cm³/mol. The standard InChI is InChI=1S/C13H18N2O2/c1-4-12(14-16-2)10-13(15-17-3)11-8-6-5-7-9-11/h5-9H,4,10H2,1-3H3/b14-12+,15-13+. The minimum Gasteiger partial charge on any atom is -0.399 e. The first-order valence-corrected chi connectivity index (χ1v) is 5.56. The Morgan fingerprint density at radius 3 is 2.24 bits per heavy atom. The van der Waals surface area contributed by atoms with Crippen LogP contribution in [0.4, 0.5) is 0 Å². The van der Waals surface area contributed by atoms with Crippen LogP contribution < -0.4 is 0 Å². The van der Waals surface area contributed by atoms with Gasteiger partial charge >= 0.3 is 0 Å². The van der Waals surface area contributed by atoms with Crippen LogP contribution in [0.15, 0.2) is 40.6 Å². The van der Waals surface area contributed by atoms with Crippen LogP contribution in [-0.2, 0) is 9.68 Å². The van der Waals surface area contributed by atoms with Crippen LogP contribution in [0.3, 0.4) is 0 Å². The van der Waals surface area contributed by atoms with E-state index in [2.05, 4.69) is 10.3 Å². The molecule has 0 saturated heterocycles. The van der Waals surface area contributed by atoms with Gasteiger partial charge in [-0.05, 0) is 12.0 Å². The van der Waals surface area contributed by atoms with Crippen LogP contribution >= 0.6 is 0 Å². The quantitative estimate of drug-likeness (QED) is 0.561. The van der Waals surface area contributed by atoms with E-state index in [1.165, 1.54) is 0 Å². The highest BCUT2D eigenvalue weighted by Gasteiger charge is 2.08. The first kappa shape index (κ1) is 13.2. The van der Waals surface area contributed by atoms with Gasteiger partial charge in [0.25, 0.3) is 0 Å². The van der Waals surface area contributed by atoms with E-state index in [0.29, 0.717) is 6.42 Å². The maximum atomic E-state index is 4.87. The lowest BCUT2D eigenvalue weighted by Gasteiger charge is -2.06. The Kier molecular flexibility index (Phi) is 5.79. The van der Waals surface area contributed by atoms with Crippen molar-refractivity contribution in [2.24, 2.45) is 10.3 Å². The van der Waals surface area contributed by atoms with E-state index >= 15 is 0 Å². The molecule has 0 heterocycles. The molecule has 0 aliphatic carbocycles. The summed E-state index contributed by atoms with van der Waals surface area (Å²) in [5, 5.41) is 8.02. The zero-order valence-corrected chi connectivity index (χ0v) is 10.5. The molecule has 0 unspecified atom stereocenters. The molecule has 0 saturated carbocycles. The normalized spacial score (nSPS) is 12.4. The van der Waals surface area contributed by atoms with E-state index in [9.17, 15) is 0 Å². The van der Waals surface area contributed by atoms with Crippen molar-refractivity contribution in [1.82, 2.24) is 0 Å². The lowest BCUT2D eigenvalue weighted by molar-refractivity contribution is 0.210. The average molecular weight is 234 g/mol. The van der Waals surface area contributed by atoms with Crippen molar-refractivity contribution in [3.05, 3.63) is 35.9 Å². The Morgan fingerprint density at radius 2 is 1.71 bits per heavy atom. The summed E-state index contributed by atoms with van der Waals surface area (Å²) in [6.07, 6.45) is 1.45. The van der Waals surface area contributed by atoms with E-state index in [4.69, 9.17) is 9.68 Å². The number of rotatable bonds is 6. The zero-order valence-electron chi connectivity index (χ0n) is 10.5. The molecule has 0 aliphatic heterocycles. The van der Waals surface area contributed by atoms with Gasteiger partial charge in [-0.2, -0.15) is 0 Å². The van der Waals surface area contributed by atoms with Gasteiger partial charge in [0.1, 0.15) is 14.2 Å². The number of oxime groups is 2. The van der Waals surface area contributed by atoms with Crippen LogP contribution in [0, 0.1) is 0 Å². The number of benzene rings is 1. The highest BCUT2D eigenvalue weighted by molar-refractivity contribution is 6.12. The number of nitrogens with zero attached hydrogens (tertiary/aromatic N) is 2. The Hall–Kier alpha value is -1.84. The monoisotopic (exact) mass is 234 g/mol. The van der Waals surface area contributed by atoms with E-state index in [1.807, 2.05) is 37.3 Å². The van der Waals surface area contributed by atoms with E-state index in [-0.39, 0.29) is 0 Å². The maximum Gasteiger partial charge on any atom is 0.106 e. The number of hydrogen-bond acceptors (Lipinski definition) is 4. The summed E-state index contributed by atoms with van der Waals surface area (Å²) in [6, 6.07) is 9.91. The van der Waals surface area contributed by atoms with Crippen LogP contribution in [0.25, 0.3) is 0 Å². The largest absolute Gasteiger partial charge is 0.399 e. The Bertz CT molecular complexity index is 386. The Morgan fingerprint density at radius 1 is 1.06 bits per heavy atom.